The largest absolute Gasteiger partial charge is 0.477 e. The lowest BCUT2D eigenvalue weighted by Crippen LogP contribution is -2.44. The van der Waals surface area contributed by atoms with E-state index in [1.54, 1.807) is 6.07 Å². The van der Waals surface area contributed by atoms with E-state index in [1.807, 2.05) is 30.6 Å². The Morgan fingerprint density at radius 2 is 1.93 bits per heavy atom. The van der Waals surface area contributed by atoms with Crippen molar-refractivity contribution in [3.63, 3.8) is 0 Å². The second kappa shape index (κ2) is 7.86. The molecule has 1 aromatic carbocycles. The Bertz CT molecular complexity index is 1060. The van der Waals surface area contributed by atoms with E-state index in [0.717, 1.165) is 13.1 Å². The zero-order chi connectivity index (χ0) is 21.7. The van der Waals surface area contributed by atoms with E-state index in [1.165, 1.54) is 17.8 Å². The van der Waals surface area contributed by atoms with Crippen LogP contribution < -0.4 is 10.3 Å². The minimum Gasteiger partial charge on any atom is -0.477 e. The average Bonchev–Trinajstić information content (AvgIpc) is 3.12. The summed E-state index contributed by atoms with van der Waals surface area (Å²) >= 11 is 1.39. The standard InChI is InChI=1S/C21H27FN4O3S/c1-12(23(2)3)17-11-30-20-18(21(28)29)19(27)13-9-14(22)16(10-15(13)26(17)20)25-7-5-24(4)6-8-25/h9-10,12,17H,5-8,11H2,1-4H3,(H,28,29). The molecule has 1 saturated heterocycles. The number of anilines is 1. The van der Waals surface area contributed by atoms with Gasteiger partial charge in [0, 0.05) is 43.4 Å². The number of likely N-dealkylation sites (N-methyl/N-ethyl adjacent to an activating group) is 2. The predicted octanol–water partition coefficient (Wildman–Crippen LogP) is 2.19. The molecule has 1 fully saturated rings. The molecule has 2 atom stereocenters. The fourth-order valence-electron chi connectivity index (χ4n) is 4.28. The monoisotopic (exact) mass is 434 g/mol. The third-order valence-electron chi connectivity index (χ3n) is 6.38. The summed E-state index contributed by atoms with van der Waals surface area (Å²) in [5.41, 5.74) is 0.214. The zero-order valence-electron chi connectivity index (χ0n) is 17.7. The summed E-state index contributed by atoms with van der Waals surface area (Å²) in [5.74, 6) is -1.08. The van der Waals surface area contributed by atoms with Crippen molar-refractivity contribution in [2.45, 2.75) is 24.0 Å². The van der Waals surface area contributed by atoms with Crippen LogP contribution in [0.5, 0.6) is 0 Å². The molecule has 9 heteroatoms. The second-order valence-corrected chi connectivity index (χ2v) is 9.39. The van der Waals surface area contributed by atoms with Gasteiger partial charge in [-0.05, 0) is 40.2 Å². The van der Waals surface area contributed by atoms with Crippen LogP contribution in [0.2, 0.25) is 0 Å². The minimum atomic E-state index is -1.26. The summed E-state index contributed by atoms with van der Waals surface area (Å²) in [6, 6.07) is 3.06. The Hall–Kier alpha value is -2.10. The van der Waals surface area contributed by atoms with Crippen LogP contribution >= 0.6 is 11.8 Å². The number of carboxylic acid groups (broad SMARTS) is 1. The molecule has 1 N–H and O–H groups in total. The average molecular weight is 435 g/mol. The van der Waals surface area contributed by atoms with Gasteiger partial charge in [-0.15, -0.1) is 11.8 Å². The molecular formula is C21H27FN4O3S. The van der Waals surface area contributed by atoms with Crippen LogP contribution in [-0.2, 0) is 0 Å². The summed E-state index contributed by atoms with van der Waals surface area (Å²) < 4.78 is 17.0. The van der Waals surface area contributed by atoms with Gasteiger partial charge in [-0.3, -0.25) is 4.79 Å². The lowest BCUT2D eigenvalue weighted by molar-refractivity contribution is 0.0689. The van der Waals surface area contributed by atoms with Gasteiger partial charge in [0.15, 0.2) is 0 Å². The highest BCUT2D eigenvalue weighted by atomic mass is 32.2. The van der Waals surface area contributed by atoms with Gasteiger partial charge in [0.05, 0.1) is 22.3 Å². The van der Waals surface area contributed by atoms with Crippen LogP contribution in [0.3, 0.4) is 0 Å². The van der Waals surface area contributed by atoms with E-state index in [-0.39, 0.29) is 23.0 Å². The highest BCUT2D eigenvalue weighted by Crippen LogP contribution is 2.41. The molecular weight excluding hydrogens is 407 g/mol. The fourth-order valence-corrected chi connectivity index (χ4v) is 5.73. The summed E-state index contributed by atoms with van der Waals surface area (Å²) in [7, 11) is 6.00. The number of nitrogens with zero attached hydrogens (tertiary/aromatic N) is 4. The molecule has 0 spiro atoms. The van der Waals surface area contributed by atoms with Crippen molar-refractivity contribution in [3.05, 3.63) is 33.7 Å². The lowest BCUT2D eigenvalue weighted by atomic mass is 10.1. The molecule has 2 aliphatic rings. The van der Waals surface area contributed by atoms with Crippen molar-refractivity contribution in [1.82, 2.24) is 14.4 Å². The molecule has 30 heavy (non-hydrogen) atoms. The van der Waals surface area contributed by atoms with Gasteiger partial charge in [0.25, 0.3) is 0 Å². The number of fused-ring (bicyclic) bond motifs is 3. The van der Waals surface area contributed by atoms with E-state index in [0.29, 0.717) is 35.1 Å². The van der Waals surface area contributed by atoms with Crippen LogP contribution in [0.15, 0.2) is 22.0 Å². The van der Waals surface area contributed by atoms with Crippen molar-refractivity contribution < 1.29 is 14.3 Å². The van der Waals surface area contributed by atoms with E-state index >= 15 is 4.39 Å². The molecule has 2 unspecified atom stereocenters. The summed E-state index contributed by atoms with van der Waals surface area (Å²) in [6.07, 6.45) is 0. The number of halogens is 1. The van der Waals surface area contributed by atoms with Crippen LogP contribution in [0.4, 0.5) is 10.1 Å². The number of hydrogen-bond donors (Lipinski definition) is 1. The van der Waals surface area contributed by atoms with E-state index in [2.05, 4.69) is 16.7 Å². The van der Waals surface area contributed by atoms with Gasteiger partial charge in [0.2, 0.25) is 5.43 Å². The van der Waals surface area contributed by atoms with Gasteiger partial charge < -0.3 is 24.4 Å². The van der Waals surface area contributed by atoms with Crippen LogP contribution in [0, 0.1) is 5.82 Å². The topological polar surface area (TPSA) is 69.0 Å². The van der Waals surface area contributed by atoms with Gasteiger partial charge >= 0.3 is 5.97 Å². The summed E-state index contributed by atoms with van der Waals surface area (Å²) in [4.78, 5) is 31.2. The number of aromatic nitrogens is 1. The molecule has 2 aliphatic heterocycles. The first kappa shape index (κ1) is 21.1. The minimum absolute atomic E-state index is 0.0213. The SMILES string of the molecule is CC(C1CSc2c(C(=O)O)c(=O)c3cc(F)c(N4CCN(C)CC4)cc3n21)N(C)C. The number of thioether (sulfide) groups is 1. The Labute approximate surface area is 179 Å². The number of rotatable bonds is 4. The Kier molecular flexibility index (Phi) is 5.54. The molecule has 4 rings (SSSR count). The first-order valence-corrected chi connectivity index (χ1v) is 11.1. The van der Waals surface area contributed by atoms with Gasteiger partial charge in [-0.2, -0.15) is 0 Å². The highest BCUT2D eigenvalue weighted by molar-refractivity contribution is 7.99. The van der Waals surface area contributed by atoms with Crippen molar-refractivity contribution >= 4 is 34.3 Å². The maximum Gasteiger partial charge on any atom is 0.342 e. The molecule has 162 valence electrons. The van der Waals surface area contributed by atoms with E-state index in [4.69, 9.17) is 0 Å². The van der Waals surface area contributed by atoms with Crippen molar-refractivity contribution in [1.29, 1.82) is 0 Å². The zero-order valence-corrected chi connectivity index (χ0v) is 18.5. The number of hydrogen-bond acceptors (Lipinski definition) is 6. The Morgan fingerprint density at radius 1 is 1.27 bits per heavy atom. The van der Waals surface area contributed by atoms with Crippen LogP contribution in [0.25, 0.3) is 10.9 Å². The Balaban J connectivity index is 1.97. The number of benzene rings is 1. The number of carbonyl (C=O) groups is 1. The maximum absolute atomic E-state index is 15.1. The number of piperazine rings is 1. The lowest BCUT2D eigenvalue weighted by Gasteiger charge is -2.34. The van der Waals surface area contributed by atoms with E-state index in [9.17, 15) is 14.7 Å². The van der Waals surface area contributed by atoms with E-state index < -0.39 is 17.2 Å². The van der Waals surface area contributed by atoms with Crippen molar-refractivity contribution in [2.24, 2.45) is 0 Å². The summed E-state index contributed by atoms with van der Waals surface area (Å²) in [5, 5.41) is 10.3. The first-order valence-electron chi connectivity index (χ1n) is 10.1. The number of pyridine rings is 1. The maximum atomic E-state index is 15.1. The fraction of sp³-hybridized carbons (Fsp3) is 0.524. The molecule has 1 aromatic heterocycles. The van der Waals surface area contributed by atoms with Crippen LogP contribution in [-0.4, -0.2) is 84.6 Å². The summed E-state index contributed by atoms with van der Waals surface area (Å²) in [6.45, 7) is 5.16. The molecule has 0 aliphatic carbocycles. The van der Waals surface area contributed by atoms with Gasteiger partial charge in [-0.25, -0.2) is 9.18 Å². The third-order valence-corrected chi connectivity index (χ3v) is 7.56. The molecule has 7 nitrogen and oxygen atoms in total. The van der Waals surface area contributed by atoms with Gasteiger partial charge in [0.1, 0.15) is 11.4 Å². The second-order valence-electron chi connectivity index (χ2n) is 8.38. The van der Waals surface area contributed by atoms with Gasteiger partial charge in [-0.1, -0.05) is 0 Å². The first-order chi connectivity index (χ1) is 14.2. The molecule has 0 amide bonds. The smallest absolute Gasteiger partial charge is 0.342 e. The Morgan fingerprint density at radius 3 is 2.53 bits per heavy atom. The molecule has 0 bridgehead atoms. The van der Waals surface area contributed by atoms with Crippen molar-refractivity contribution in [3.8, 4) is 0 Å². The quantitative estimate of drug-likeness (QED) is 0.791. The molecule has 0 saturated carbocycles. The number of aromatic carboxylic acids is 1. The molecule has 0 radical (unpaired) electrons. The predicted molar refractivity (Wildman–Crippen MR) is 118 cm³/mol. The molecule has 2 aromatic rings. The molecule has 3 heterocycles. The third kappa shape index (κ3) is 3.38. The highest BCUT2D eigenvalue weighted by Gasteiger charge is 2.35. The number of carboxylic acids is 1. The van der Waals surface area contributed by atoms with Crippen LogP contribution in [0.1, 0.15) is 23.3 Å². The normalized spacial score (nSPS) is 20.7. The van der Waals surface area contributed by atoms with Crippen molar-refractivity contribution in [2.75, 3.05) is 58.0 Å².